The Hall–Kier alpha value is -1.26. The van der Waals surface area contributed by atoms with E-state index in [2.05, 4.69) is 15.9 Å². The predicted octanol–water partition coefficient (Wildman–Crippen LogP) is 3.97. The van der Waals surface area contributed by atoms with E-state index in [1.807, 2.05) is 0 Å². The molecule has 0 aliphatic rings. The Morgan fingerprint density at radius 2 is 1.61 bits per heavy atom. The molecule has 1 atom stereocenters. The van der Waals surface area contributed by atoms with Crippen LogP contribution in [0.3, 0.4) is 0 Å². The third-order valence-electron chi connectivity index (χ3n) is 2.75. The van der Waals surface area contributed by atoms with E-state index >= 15 is 0 Å². The van der Waals surface area contributed by atoms with Crippen molar-refractivity contribution in [2.24, 2.45) is 5.73 Å². The summed E-state index contributed by atoms with van der Waals surface area (Å²) in [6, 6.07) is 10.2. The van der Waals surface area contributed by atoms with Crippen molar-refractivity contribution in [3.05, 3.63) is 69.7 Å². The quantitative estimate of drug-likeness (QED) is 0.912. The zero-order chi connectivity index (χ0) is 13.1. The van der Waals surface area contributed by atoms with Gasteiger partial charge in [-0.1, -0.05) is 28.1 Å². The Morgan fingerprint density at radius 1 is 1.00 bits per heavy atom. The molecular formula is C14H12BrF2N. The van der Waals surface area contributed by atoms with Gasteiger partial charge in [0.15, 0.2) is 0 Å². The minimum absolute atomic E-state index is 0.288. The highest BCUT2D eigenvalue weighted by atomic mass is 79.9. The molecule has 2 N–H and O–H groups in total. The fourth-order valence-electron chi connectivity index (χ4n) is 1.76. The van der Waals surface area contributed by atoms with Gasteiger partial charge in [0.05, 0.1) is 0 Å². The normalized spacial score (nSPS) is 12.4. The largest absolute Gasteiger partial charge is 0.324 e. The Morgan fingerprint density at radius 3 is 2.28 bits per heavy atom. The second kappa shape index (κ2) is 5.59. The van der Waals surface area contributed by atoms with Crippen LogP contribution in [0.5, 0.6) is 0 Å². The molecule has 4 heteroatoms. The van der Waals surface area contributed by atoms with Gasteiger partial charge in [-0.05, 0) is 47.9 Å². The smallest absolute Gasteiger partial charge is 0.123 e. The lowest BCUT2D eigenvalue weighted by molar-refractivity contribution is 0.619. The molecule has 0 aromatic heterocycles. The fraction of sp³-hybridized carbons (Fsp3) is 0.143. The summed E-state index contributed by atoms with van der Waals surface area (Å²) in [6.07, 6.45) is 0.490. The van der Waals surface area contributed by atoms with E-state index in [0.717, 1.165) is 15.6 Å². The molecule has 1 unspecified atom stereocenters. The lowest BCUT2D eigenvalue weighted by atomic mass is 10.00. The molecule has 94 valence electrons. The summed E-state index contributed by atoms with van der Waals surface area (Å²) in [5.74, 6) is -0.586. The van der Waals surface area contributed by atoms with Crippen molar-refractivity contribution in [2.45, 2.75) is 12.5 Å². The summed E-state index contributed by atoms with van der Waals surface area (Å²) in [7, 11) is 0. The van der Waals surface area contributed by atoms with E-state index in [0.29, 0.717) is 6.42 Å². The molecule has 0 spiro atoms. The van der Waals surface area contributed by atoms with Crippen LogP contribution in [-0.4, -0.2) is 0 Å². The number of nitrogens with two attached hydrogens (primary N) is 1. The maximum Gasteiger partial charge on any atom is 0.123 e. The van der Waals surface area contributed by atoms with E-state index in [-0.39, 0.29) is 17.7 Å². The van der Waals surface area contributed by atoms with E-state index in [4.69, 9.17) is 5.73 Å². The van der Waals surface area contributed by atoms with Gasteiger partial charge >= 0.3 is 0 Å². The minimum Gasteiger partial charge on any atom is -0.324 e. The van der Waals surface area contributed by atoms with Gasteiger partial charge in [-0.3, -0.25) is 0 Å². The van der Waals surface area contributed by atoms with Gasteiger partial charge in [-0.25, -0.2) is 8.78 Å². The van der Waals surface area contributed by atoms with Crippen LogP contribution in [-0.2, 0) is 6.42 Å². The minimum atomic E-state index is -0.294. The highest BCUT2D eigenvalue weighted by Crippen LogP contribution is 2.23. The van der Waals surface area contributed by atoms with Gasteiger partial charge in [0.2, 0.25) is 0 Å². The van der Waals surface area contributed by atoms with Gasteiger partial charge in [0, 0.05) is 10.5 Å². The SMILES string of the molecule is NC(Cc1cc(F)ccc1Br)c1ccc(F)cc1. The van der Waals surface area contributed by atoms with Gasteiger partial charge in [-0.2, -0.15) is 0 Å². The molecule has 1 nitrogen and oxygen atoms in total. The van der Waals surface area contributed by atoms with Crippen molar-refractivity contribution in [3.8, 4) is 0 Å². The summed E-state index contributed by atoms with van der Waals surface area (Å²) in [5, 5.41) is 0. The summed E-state index contributed by atoms with van der Waals surface area (Å²) in [4.78, 5) is 0. The average molecular weight is 312 g/mol. The molecule has 0 fully saturated rings. The molecule has 18 heavy (non-hydrogen) atoms. The van der Waals surface area contributed by atoms with E-state index in [9.17, 15) is 8.78 Å². The molecule has 0 aliphatic heterocycles. The van der Waals surface area contributed by atoms with Crippen molar-refractivity contribution in [3.63, 3.8) is 0 Å². The highest BCUT2D eigenvalue weighted by molar-refractivity contribution is 9.10. The van der Waals surface area contributed by atoms with Crippen LogP contribution in [0.4, 0.5) is 8.78 Å². The van der Waals surface area contributed by atoms with Crippen molar-refractivity contribution >= 4 is 15.9 Å². The van der Waals surface area contributed by atoms with Gasteiger partial charge in [-0.15, -0.1) is 0 Å². The van der Waals surface area contributed by atoms with E-state index in [1.165, 1.54) is 24.3 Å². The number of benzene rings is 2. The molecule has 2 rings (SSSR count). The molecule has 2 aromatic carbocycles. The summed E-state index contributed by atoms with van der Waals surface area (Å²) >= 11 is 3.36. The number of hydrogen-bond acceptors (Lipinski definition) is 1. The van der Waals surface area contributed by atoms with Crippen LogP contribution in [0.15, 0.2) is 46.9 Å². The lowest BCUT2D eigenvalue weighted by Crippen LogP contribution is -2.13. The van der Waals surface area contributed by atoms with Crippen molar-refractivity contribution in [2.75, 3.05) is 0 Å². The van der Waals surface area contributed by atoms with Crippen LogP contribution in [0.2, 0.25) is 0 Å². The third kappa shape index (κ3) is 3.15. The highest BCUT2D eigenvalue weighted by Gasteiger charge is 2.10. The number of hydrogen-bond donors (Lipinski definition) is 1. The van der Waals surface area contributed by atoms with Crippen LogP contribution in [0.1, 0.15) is 17.2 Å². The van der Waals surface area contributed by atoms with Crippen LogP contribution in [0, 0.1) is 11.6 Å². The summed E-state index contributed by atoms with van der Waals surface area (Å²) in [6.45, 7) is 0. The van der Waals surface area contributed by atoms with Crippen molar-refractivity contribution < 1.29 is 8.78 Å². The van der Waals surface area contributed by atoms with E-state index < -0.39 is 0 Å². The van der Waals surface area contributed by atoms with Crippen LogP contribution >= 0.6 is 15.9 Å². The molecule has 0 aliphatic carbocycles. The molecule has 2 aromatic rings. The monoisotopic (exact) mass is 311 g/mol. The first-order valence-electron chi connectivity index (χ1n) is 5.51. The number of rotatable bonds is 3. The van der Waals surface area contributed by atoms with Crippen molar-refractivity contribution in [1.82, 2.24) is 0 Å². The summed E-state index contributed by atoms with van der Waals surface area (Å²) < 4.78 is 26.8. The number of halogens is 3. The van der Waals surface area contributed by atoms with Gasteiger partial charge < -0.3 is 5.73 Å². The molecule has 0 heterocycles. The van der Waals surface area contributed by atoms with Crippen molar-refractivity contribution in [1.29, 1.82) is 0 Å². The molecular weight excluding hydrogens is 300 g/mol. The standard InChI is InChI=1S/C14H12BrF2N/c15-13-6-5-12(17)7-10(13)8-14(18)9-1-3-11(16)4-2-9/h1-7,14H,8,18H2. The zero-order valence-corrected chi connectivity index (χ0v) is 11.1. The van der Waals surface area contributed by atoms with Gasteiger partial charge in [0.25, 0.3) is 0 Å². The first-order valence-corrected chi connectivity index (χ1v) is 6.30. The van der Waals surface area contributed by atoms with E-state index in [1.54, 1.807) is 18.2 Å². The first-order chi connectivity index (χ1) is 8.56. The molecule has 0 amide bonds. The second-order valence-electron chi connectivity index (χ2n) is 4.10. The maximum atomic E-state index is 13.1. The predicted molar refractivity (Wildman–Crippen MR) is 71.1 cm³/mol. The molecule has 0 bridgehead atoms. The molecule has 0 radical (unpaired) electrons. The molecule has 0 saturated heterocycles. The van der Waals surface area contributed by atoms with Crippen LogP contribution < -0.4 is 5.73 Å². The third-order valence-corrected chi connectivity index (χ3v) is 3.52. The van der Waals surface area contributed by atoms with Crippen LogP contribution in [0.25, 0.3) is 0 Å². The first kappa shape index (κ1) is 13.2. The average Bonchev–Trinajstić information content (AvgIpc) is 2.34. The van der Waals surface area contributed by atoms with Gasteiger partial charge in [0.1, 0.15) is 11.6 Å². The zero-order valence-electron chi connectivity index (χ0n) is 9.54. The Bertz CT molecular complexity index is 540. The second-order valence-corrected chi connectivity index (χ2v) is 4.95. The topological polar surface area (TPSA) is 26.0 Å². The Balaban J connectivity index is 2.18. The Kier molecular flexibility index (Phi) is 4.09. The lowest BCUT2D eigenvalue weighted by Gasteiger charge is -2.13. The maximum absolute atomic E-state index is 13.1. The Labute approximate surface area is 113 Å². The summed E-state index contributed by atoms with van der Waals surface area (Å²) in [5.41, 5.74) is 7.65. The molecule has 0 saturated carbocycles. The fourth-order valence-corrected chi connectivity index (χ4v) is 2.17.